The van der Waals surface area contributed by atoms with E-state index in [1.54, 1.807) is 35.6 Å². The zero-order valence-electron chi connectivity index (χ0n) is 10.4. The van der Waals surface area contributed by atoms with Gasteiger partial charge in [-0.1, -0.05) is 18.2 Å². The molecule has 0 unspecified atom stereocenters. The average molecular weight is 294 g/mol. The number of carbonyl (C=O) groups is 1. The SMILES string of the molecule is CS(=O)(=O)c1ccc([C@@H](CC=O)c2cccs2)cc1. The molecule has 100 valence electrons. The van der Waals surface area contributed by atoms with Gasteiger partial charge < -0.3 is 4.79 Å². The Morgan fingerprint density at radius 3 is 2.37 bits per heavy atom. The van der Waals surface area contributed by atoms with Crippen LogP contribution in [0.15, 0.2) is 46.7 Å². The number of thiophene rings is 1. The normalized spacial score (nSPS) is 13.1. The van der Waals surface area contributed by atoms with Crippen LogP contribution in [0.25, 0.3) is 0 Å². The van der Waals surface area contributed by atoms with E-state index in [9.17, 15) is 13.2 Å². The first-order valence-corrected chi connectivity index (χ1v) is 8.56. The maximum Gasteiger partial charge on any atom is 0.175 e. The number of hydrogen-bond donors (Lipinski definition) is 0. The second kappa shape index (κ2) is 5.67. The highest BCUT2D eigenvalue weighted by Gasteiger charge is 2.15. The lowest BCUT2D eigenvalue weighted by Gasteiger charge is -2.13. The highest BCUT2D eigenvalue weighted by Crippen LogP contribution is 2.31. The lowest BCUT2D eigenvalue weighted by molar-refractivity contribution is -0.108. The van der Waals surface area contributed by atoms with Crippen molar-refractivity contribution in [3.05, 3.63) is 52.2 Å². The number of aldehydes is 1. The van der Waals surface area contributed by atoms with Crippen LogP contribution in [0.1, 0.15) is 22.8 Å². The van der Waals surface area contributed by atoms with Crippen LogP contribution in [0.3, 0.4) is 0 Å². The average Bonchev–Trinajstić information content (AvgIpc) is 2.89. The van der Waals surface area contributed by atoms with Gasteiger partial charge in [-0.3, -0.25) is 0 Å². The summed E-state index contributed by atoms with van der Waals surface area (Å²) in [6.45, 7) is 0. The van der Waals surface area contributed by atoms with Crippen LogP contribution in [-0.4, -0.2) is 21.0 Å². The van der Waals surface area contributed by atoms with Gasteiger partial charge in [-0.25, -0.2) is 8.42 Å². The number of carbonyl (C=O) groups excluding carboxylic acids is 1. The number of rotatable bonds is 5. The van der Waals surface area contributed by atoms with Crippen molar-refractivity contribution in [2.75, 3.05) is 6.26 Å². The molecule has 0 radical (unpaired) electrons. The molecule has 0 bridgehead atoms. The van der Waals surface area contributed by atoms with Crippen LogP contribution in [0.2, 0.25) is 0 Å². The fraction of sp³-hybridized carbons (Fsp3) is 0.214. The number of benzene rings is 1. The quantitative estimate of drug-likeness (QED) is 0.797. The highest BCUT2D eigenvalue weighted by molar-refractivity contribution is 7.90. The van der Waals surface area contributed by atoms with E-state index in [2.05, 4.69) is 0 Å². The summed E-state index contributed by atoms with van der Waals surface area (Å²) in [5.41, 5.74) is 0.960. The van der Waals surface area contributed by atoms with Crippen molar-refractivity contribution in [3.63, 3.8) is 0 Å². The highest BCUT2D eigenvalue weighted by atomic mass is 32.2. The van der Waals surface area contributed by atoms with Crippen LogP contribution >= 0.6 is 11.3 Å². The van der Waals surface area contributed by atoms with Crippen LogP contribution in [0, 0.1) is 0 Å². The zero-order valence-corrected chi connectivity index (χ0v) is 12.1. The number of sulfone groups is 1. The second-order valence-electron chi connectivity index (χ2n) is 4.31. The Morgan fingerprint density at radius 1 is 1.21 bits per heavy atom. The van der Waals surface area contributed by atoms with Gasteiger partial charge in [0.05, 0.1) is 4.90 Å². The van der Waals surface area contributed by atoms with E-state index < -0.39 is 9.84 Å². The minimum Gasteiger partial charge on any atom is -0.303 e. The van der Waals surface area contributed by atoms with Gasteiger partial charge in [-0.05, 0) is 29.1 Å². The van der Waals surface area contributed by atoms with Crippen molar-refractivity contribution in [2.45, 2.75) is 17.2 Å². The summed E-state index contributed by atoms with van der Waals surface area (Å²) in [5, 5.41) is 1.97. The summed E-state index contributed by atoms with van der Waals surface area (Å²) in [6.07, 6.45) is 2.48. The van der Waals surface area contributed by atoms with Gasteiger partial charge in [0.15, 0.2) is 9.84 Å². The summed E-state index contributed by atoms with van der Waals surface area (Å²) in [5.74, 6) is 0.00566. The Morgan fingerprint density at radius 2 is 1.89 bits per heavy atom. The van der Waals surface area contributed by atoms with Crippen LogP contribution < -0.4 is 0 Å². The Hall–Kier alpha value is -1.46. The molecular weight excluding hydrogens is 280 g/mol. The van der Waals surface area contributed by atoms with Crippen molar-refractivity contribution in [1.82, 2.24) is 0 Å². The molecule has 5 heteroatoms. The molecule has 0 aliphatic heterocycles. The first-order chi connectivity index (χ1) is 9.02. The minimum absolute atomic E-state index is 0.00566. The molecule has 0 fully saturated rings. The summed E-state index contributed by atoms with van der Waals surface area (Å²) in [6, 6.07) is 10.7. The van der Waals surface area contributed by atoms with Gasteiger partial charge in [0.2, 0.25) is 0 Å². The minimum atomic E-state index is -3.18. The lowest BCUT2D eigenvalue weighted by Crippen LogP contribution is -2.02. The Balaban J connectivity index is 2.36. The van der Waals surface area contributed by atoms with Crippen molar-refractivity contribution in [1.29, 1.82) is 0 Å². The van der Waals surface area contributed by atoms with E-state index in [0.29, 0.717) is 11.3 Å². The van der Waals surface area contributed by atoms with Gasteiger partial charge in [0.1, 0.15) is 6.29 Å². The van der Waals surface area contributed by atoms with Gasteiger partial charge in [-0.15, -0.1) is 11.3 Å². The molecular formula is C14H14O3S2. The number of hydrogen-bond acceptors (Lipinski definition) is 4. The third-order valence-corrected chi connectivity index (χ3v) is 5.04. The maximum absolute atomic E-state index is 11.4. The predicted octanol–water partition coefficient (Wildman–Crippen LogP) is 2.87. The fourth-order valence-electron chi connectivity index (χ4n) is 1.95. The monoisotopic (exact) mass is 294 g/mol. The molecule has 0 saturated carbocycles. The predicted molar refractivity (Wildman–Crippen MR) is 76.4 cm³/mol. The molecule has 1 aromatic carbocycles. The topological polar surface area (TPSA) is 51.2 Å². The van der Waals surface area contributed by atoms with Gasteiger partial charge in [-0.2, -0.15) is 0 Å². The standard InChI is InChI=1S/C14H14O3S2/c1-19(16,17)12-6-4-11(5-7-12)13(8-9-15)14-3-2-10-18-14/h2-7,9-10,13H,8H2,1H3/t13-/m1/s1. The van der Waals surface area contributed by atoms with Crippen LogP contribution in [0.5, 0.6) is 0 Å². The summed E-state index contributed by atoms with van der Waals surface area (Å²) < 4.78 is 22.8. The summed E-state index contributed by atoms with van der Waals surface area (Å²) in [4.78, 5) is 12.2. The maximum atomic E-state index is 11.4. The van der Waals surface area contributed by atoms with Gasteiger partial charge in [0.25, 0.3) is 0 Å². The summed E-state index contributed by atoms with van der Waals surface area (Å²) in [7, 11) is -3.18. The van der Waals surface area contributed by atoms with Crippen molar-refractivity contribution in [2.24, 2.45) is 0 Å². The Kier molecular flexibility index (Phi) is 4.17. The summed E-state index contributed by atoms with van der Waals surface area (Å²) >= 11 is 1.60. The van der Waals surface area contributed by atoms with Gasteiger partial charge >= 0.3 is 0 Å². The molecule has 0 N–H and O–H groups in total. The molecule has 2 rings (SSSR count). The molecule has 1 atom stereocenters. The molecule has 1 aromatic heterocycles. The first kappa shape index (κ1) is 14.0. The van der Waals surface area contributed by atoms with Crippen molar-refractivity contribution in [3.8, 4) is 0 Å². The first-order valence-electron chi connectivity index (χ1n) is 5.79. The molecule has 0 aliphatic rings. The van der Waals surface area contributed by atoms with Crippen LogP contribution in [-0.2, 0) is 14.6 Å². The van der Waals surface area contributed by atoms with Crippen LogP contribution in [0.4, 0.5) is 0 Å². The third-order valence-electron chi connectivity index (χ3n) is 2.93. The van der Waals surface area contributed by atoms with E-state index >= 15 is 0 Å². The van der Waals surface area contributed by atoms with Gasteiger partial charge in [0, 0.05) is 23.5 Å². The van der Waals surface area contributed by atoms with E-state index in [0.717, 1.165) is 16.7 Å². The van der Waals surface area contributed by atoms with Crippen molar-refractivity contribution >= 4 is 27.5 Å². The molecule has 1 heterocycles. The van der Waals surface area contributed by atoms with E-state index in [-0.39, 0.29) is 5.92 Å². The lowest BCUT2D eigenvalue weighted by atomic mass is 9.95. The largest absolute Gasteiger partial charge is 0.303 e. The molecule has 19 heavy (non-hydrogen) atoms. The Bertz CT molecular complexity index is 641. The molecule has 3 nitrogen and oxygen atoms in total. The van der Waals surface area contributed by atoms with E-state index in [4.69, 9.17) is 0 Å². The molecule has 0 amide bonds. The zero-order chi connectivity index (χ0) is 13.9. The third kappa shape index (κ3) is 3.30. The molecule has 2 aromatic rings. The smallest absolute Gasteiger partial charge is 0.175 e. The molecule has 0 aliphatic carbocycles. The second-order valence-corrected chi connectivity index (χ2v) is 7.31. The van der Waals surface area contributed by atoms with Crippen molar-refractivity contribution < 1.29 is 13.2 Å². The molecule has 0 saturated heterocycles. The van der Waals surface area contributed by atoms with E-state index in [1.807, 2.05) is 17.5 Å². The fourth-order valence-corrected chi connectivity index (χ4v) is 3.45. The Labute approximate surface area is 116 Å². The van der Waals surface area contributed by atoms with E-state index in [1.165, 1.54) is 6.26 Å². The molecule has 0 spiro atoms.